The summed E-state index contributed by atoms with van der Waals surface area (Å²) in [5.41, 5.74) is 0.443. The summed E-state index contributed by atoms with van der Waals surface area (Å²) in [6, 6.07) is 6.02. The molecule has 1 atom stereocenters. The number of halogens is 1. The van der Waals surface area contributed by atoms with Crippen molar-refractivity contribution in [1.82, 2.24) is 10.3 Å². The van der Waals surface area contributed by atoms with Crippen molar-refractivity contribution < 1.29 is 28.7 Å². The number of ketones is 2. The van der Waals surface area contributed by atoms with Crippen LogP contribution in [0, 0.1) is 11.7 Å². The minimum absolute atomic E-state index is 0.168. The van der Waals surface area contributed by atoms with Crippen LogP contribution in [-0.4, -0.2) is 40.1 Å². The normalized spacial score (nSPS) is 17.8. The van der Waals surface area contributed by atoms with Gasteiger partial charge in [0.05, 0.1) is 11.6 Å². The molecule has 0 saturated heterocycles. The highest BCUT2D eigenvalue weighted by Gasteiger charge is 2.49. The Bertz CT molecular complexity index is 1020. The minimum Gasteiger partial charge on any atom is -0.480 e. The van der Waals surface area contributed by atoms with Gasteiger partial charge in [0, 0.05) is 17.3 Å². The van der Waals surface area contributed by atoms with Gasteiger partial charge in [0.1, 0.15) is 12.4 Å². The fourth-order valence-electron chi connectivity index (χ4n) is 3.31. The third kappa shape index (κ3) is 3.28. The number of Topliss-reactive ketones (excluding diaryl/α,β-unsaturated/α-hetero) is 2. The number of rotatable bonds is 4. The second kappa shape index (κ2) is 6.95. The Morgan fingerprint density at radius 3 is 2.54 bits per heavy atom. The fraction of sp³-hybridized carbons (Fsp3) is 0.250. The van der Waals surface area contributed by atoms with Crippen molar-refractivity contribution in [3.63, 3.8) is 0 Å². The zero-order chi connectivity index (χ0) is 20.6. The lowest BCUT2D eigenvalue weighted by molar-refractivity contribution is -0.140. The Hall–Kier alpha value is -3.42. The van der Waals surface area contributed by atoms with Crippen molar-refractivity contribution in [1.29, 1.82) is 0 Å². The molecule has 1 amide bonds. The molecule has 2 aromatic rings. The first kappa shape index (κ1) is 19.3. The monoisotopic (exact) mass is 384 g/mol. The van der Waals surface area contributed by atoms with E-state index in [4.69, 9.17) is 5.11 Å². The molecule has 1 aliphatic rings. The standard InChI is InChI=1S/C20H17FN2O5/c1-20(2)14-4-3-10(11-5-12(21)8-22-7-11)6-13(14)17(26)16(18(20)27)19(28)23-9-15(24)25/h3-8,16H,9H2,1-2H3,(H,23,28)(H,24,25). The first-order valence-corrected chi connectivity index (χ1v) is 8.46. The van der Waals surface area contributed by atoms with E-state index in [1.165, 1.54) is 18.3 Å². The molecule has 8 heteroatoms. The molecule has 1 aromatic heterocycles. The number of carboxylic acid groups (broad SMARTS) is 1. The smallest absolute Gasteiger partial charge is 0.322 e. The molecule has 3 rings (SSSR count). The largest absolute Gasteiger partial charge is 0.480 e. The lowest BCUT2D eigenvalue weighted by Crippen LogP contribution is -2.51. The van der Waals surface area contributed by atoms with E-state index in [0.29, 0.717) is 16.7 Å². The molecule has 28 heavy (non-hydrogen) atoms. The summed E-state index contributed by atoms with van der Waals surface area (Å²) in [4.78, 5) is 52.6. The summed E-state index contributed by atoms with van der Waals surface area (Å²) in [6.07, 6.45) is 2.49. The first-order chi connectivity index (χ1) is 13.1. The summed E-state index contributed by atoms with van der Waals surface area (Å²) < 4.78 is 13.5. The van der Waals surface area contributed by atoms with E-state index in [0.717, 1.165) is 6.20 Å². The Labute approximate surface area is 159 Å². The number of nitrogens with zero attached hydrogens (tertiary/aromatic N) is 1. The third-order valence-electron chi connectivity index (χ3n) is 4.81. The van der Waals surface area contributed by atoms with Gasteiger partial charge in [0.25, 0.3) is 0 Å². The number of aromatic nitrogens is 1. The maximum atomic E-state index is 13.5. The number of fused-ring (bicyclic) bond motifs is 1. The molecule has 0 saturated carbocycles. The van der Waals surface area contributed by atoms with E-state index in [1.54, 1.807) is 26.0 Å². The molecule has 0 bridgehead atoms. The zero-order valence-corrected chi connectivity index (χ0v) is 15.2. The first-order valence-electron chi connectivity index (χ1n) is 8.46. The van der Waals surface area contributed by atoms with Crippen molar-refractivity contribution in [2.75, 3.05) is 6.54 Å². The number of hydrogen-bond donors (Lipinski definition) is 2. The van der Waals surface area contributed by atoms with Crippen LogP contribution in [0.25, 0.3) is 11.1 Å². The van der Waals surface area contributed by atoms with Crippen molar-refractivity contribution in [2.45, 2.75) is 19.3 Å². The maximum Gasteiger partial charge on any atom is 0.322 e. The second-order valence-corrected chi connectivity index (χ2v) is 7.05. The molecule has 1 aromatic carbocycles. The topological polar surface area (TPSA) is 113 Å². The van der Waals surface area contributed by atoms with Gasteiger partial charge in [-0.15, -0.1) is 0 Å². The van der Waals surface area contributed by atoms with Crippen LogP contribution in [0.2, 0.25) is 0 Å². The van der Waals surface area contributed by atoms with Gasteiger partial charge in [-0.25, -0.2) is 4.39 Å². The highest BCUT2D eigenvalue weighted by molar-refractivity contribution is 6.29. The number of amides is 1. The highest BCUT2D eigenvalue weighted by atomic mass is 19.1. The zero-order valence-electron chi connectivity index (χ0n) is 15.2. The van der Waals surface area contributed by atoms with Gasteiger partial charge in [-0.05, 0) is 37.1 Å². The van der Waals surface area contributed by atoms with Crippen LogP contribution >= 0.6 is 0 Å². The molecular formula is C20H17FN2O5. The summed E-state index contributed by atoms with van der Waals surface area (Å²) in [6.45, 7) is 2.50. The Balaban J connectivity index is 2.07. The molecule has 1 heterocycles. The Morgan fingerprint density at radius 1 is 1.18 bits per heavy atom. The van der Waals surface area contributed by atoms with Gasteiger partial charge < -0.3 is 10.4 Å². The van der Waals surface area contributed by atoms with Crippen LogP contribution in [0.4, 0.5) is 4.39 Å². The summed E-state index contributed by atoms with van der Waals surface area (Å²) in [5, 5.41) is 10.8. The van der Waals surface area contributed by atoms with Gasteiger partial charge in [0.15, 0.2) is 17.5 Å². The van der Waals surface area contributed by atoms with E-state index in [-0.39, 0.29) is 5.56 Å². The van der Waals surface area contributed by atoms with E-state index >= 15 is 0 Å². The number of carboxylic acids is 1. The molecule has 0 spiro atoms. The number of hydrogen-bond acceptors (Lipinski definition) is 5. The predicted molar refractivity (Wildman–Crippen MR) is 96.1 cm³/mol. The summed E-state index contributed by atoms with van der Waals surface area (Å²) in [7, 11) is 0. The second-order valence-electron chi connectivity index (χ2n) is 7.05. The maximum absolute atomic E-state index is 13.5. The number of nitrogens with one attached hydrogen (secondary N) is 1. The van der Waals surface area contributed by atoms with Crippen LogP contribution in [0.1, 0.15) is 29.8 Å². The van der Waals surface area contributed by atoms with Crippen LogP contribution in [0.15, 0.2) is 36.7 Å². The SMILES string of the molecule is CC1(C)C(=O)C(C(=O)NCC(=O)O)C(=O)c2cc(-c3cncc(F)c3)ccc21. The molecule has 2 N–H and O–H groups in total. The van der Waals surface area contributed by atoms with Crippen molar-refractivity contribution in [2.24, 2.45) is 5.92 Å². The molecule has 1 unspecified atom stereocenters. The molecule has 0 radical (unpaired) electrons. The number of pyridine rings is 1. The Morgan fingerprint density at radius 2 is 1.89 bits per heavy atom. The summed E-state index contributed by atoms with van der Waals surface area (Å²) in [5.74, 6) is -5.73. The number of carbonyl (C=O) groups is 4. The van der Waals surface area contributed by atoms with Gasteiger partial charge in [-0.1, -0.05) is 12.1 Å². The van der Waals surface area contributed by atoms with Gasteiger partial charge in [-0.3, -0.25) is 24.2 Å². The molecule has 144 valence electrons. The Kier molecular flexibility index (Phi) is 4.80. The van der Waals surface area contributed by atoms with E-state index < -0.39 is 47.1 Å². The lowest BCUT2D eigenvalue weighted by Gasteiger charge is -2.34. The molecule has 0 aliphatic heterocycles. The molecule has 0 fully saturated rings. The van der Waals surface area contributed by atoms with Crippen LogP contribution in [-0.2, 0) is 19.8 Å². The predicted octanol–water partition coefficient (Wildman–Crippen LogP) is 1.75. The van der Waals surface area contributed by atoms with Crippen LogP contribution in [0.3, 0.4) is 0 Å². The number of benzene rings is 1. The van der Waals surface area contributed by atoms with Crippen LogP contribution in [0.5, 0.6) is 0 Å². The van der Waals surface area contributed by atoms with Gasteiger partial charge in [0.2, 0.25) is 5.91 Å². The van der Waals surface area contributed by atoms with E-state index in [2.05, 4.69) is 10.3 Å². The van der Waals surface area contributed by atoms with Gasteiger partial charge in [-0.2, -0.15) is 0 Å². The molecule has 7 nitrogen and oxygen atoms in total. The van der Waals surface area contributed by atoms with Crippen molar-refractivity contribution in [3.05, 3.63) is 53.6 Å². The quantitative estimate of drug-likeness (QED) is 0.777. The highest BCUT2D eigenvalue weighted by Crippen LogP contribution is 2.38. The lowest BCUT2D eigenvalue weighted by atomic mass is 9.66. The number of aliphatic carboxylic acids is 1. The molecule has 1 aliphatic carbocycles. The molecular weight excluding hydrogens is 367 g/mol. The van der Waals surface area contributed by atoms with Crippen LogP contribution < -0.4 is 5.32 Å². The fourth-order valence-corrected chi connectivity index (χ4v) is 3.31. The average molecular weight is 384 g/mol. The average Bonchev–Trinajstić information content (AvgIpc) is 2.65. The minimum atomic E-state index is -1.64. The van der Waals surface area contributed by atoms with Gasteiger partial charge >= 0.3 is 5.97 Å². The van der Waals surface area contributed by atoms with Crippen molar-refractivity contribution >= 4 is 23.4 Å². The van der Waals surface area contributed by atoms with E-state index in [1.807, 2.05) is 0 Å². The van der Waals surface area contributed by atoms with E-state index in [9.17, 15) is 23.6 Å². The van der Waals surface area contributed by atoms with Crippen molar-refractivity contribution in [3.8, 4) is 11.1 Å². The third-order valence-corrected chi connectivity index (χ3v) is 4.81. The summed E-state index contributed by atoms with van der Waals surface area (Å²) >= 11 is 0. The number of carbonyl (C=O) groups excluding carboxylic acids is 3.